The molecule has 0 aliphatic rings. The van der Waals surface area contributed by atoms with Crippen molar-refractivity contribution in [3.05, 3.63) is 46.6 Å². The zero-order chi connectivity index (χ0) is 14.7. The molecule has 1 heterocycles. The second-order valence-electron chi connectivity index (χ2n) is 3.96. The van der Waals surface area contributed by atoms with Gasteiger partial charge in [0.2, 0.25) is 0 Å². The third-order valence-electron chi connectivity index (χ3n) is 2.64. The highest BCUT2D eigenvalue weighted by Gasteiger charge is 2.14. The number of carboxylic acids is 1. The van der Waals surface area contributed by atoms with E-state index in [2.05, 4.69) is 10.6 Å². The van der Waals surface area contributed by atoms with E-state index in [9.17, 15) is 14.0 Å². The van der Waals surface area contributed by atoms with Crippen LogP contribution in [0.3, 0.4) is 0 Å². The molecule has 2 aromatic rings. The lowest BCUT2D eigenvalue weighted by Crippen LogP contribution is -2.20. The van der Waals surface area contributed by atoms with Gasteiger partial charge >= 0.3 is 12.0 Å². The third-order valence-corrected chi connectivity index (χ3v) is 3.47. The van der Waals surface area contributed by atoms with Gasteiger partial charge in [0, 0.05) is 11.3 Å². The fourth-order valence-electron chi connectivity index (χ4n) is 1.57. The second kappa shape index (κ2) is 5.70. The first-order chi connectivity index (χ1) is 9.49. The Morgan fingerprint density at radius 3 is 2.70 bits per heavy atom. The van der Waals surface area contributed by atoms with E-state index in [4.69, 9.17) is 5.11 Å². The zero-order valence-corrected chi connectivity index (χ0v) is 11.3. The van der Waals surface area contributed by atoms with Crippen molar-refractivity contribution < 1.29 is 19.1 Å². The summed E-state index contributed by atoms with van der Waals surface area (Å²) in [4.78, 5) is 22.7. The van der Waals surface area contributed by atoms with Crippen LogP contribution in [-0.2, 0) is 0 Å². The molecule has 7 heteroatoms. The summed E-state index contributed by atoms with van der Waals surface area (Å²) in [5, 5.41) is 15.6. The number of anilines is 2. The van der Waals surface area contributed by atoms with Crippen LogP contribution in [0.5, 0.6) is 0 Å². The summed E-state index contributed by atoms with van der Waals surface area (Å²) in [6.07, 6.45) is 0. The molecule has 0 fully saturated rings. The van der Waals surface area contributed by atoms with Gasteiger partial charge in [0.05, 0.1) is 5.56 Å². The summed E-state index contributed by atoms with van der Waals surface area (Å²) in [6.45, 7) is 1.54. The number of carboxylic acid groups (broad SMARTS) is 1. The summed E-state index contributed by atoms with van der Waals surface area (Å²) in [7, 11) is 0. The largest absolute Gasteiger partial charge is 0.478 e. The average Bonchev–Trinajstić information content (AvgIpc) is 2.83. The fraction of sp³-hybridized carbons (Fsp3) is 0.0769. The van der Waals surface area contributed by atoms with Crippen molar-refractivity contribution in [3.63, 3.8) is 0 Å². The molecule has 1 aromatic heterocycles. The first kappa shape index (κ1) is 14.0. The molecule has 5 nitrogen and oxygen atoms in total. The highest BCUT2D eigenvalue weighted by atomic mass is 32.1. The minimum absolute atomic E-state index is 0.0149. The first-order valence-electron chi connectivity index (χ1n) is 5.63. The highest BCUT2D eigenvalue weighted by molar-refractivity contribution is 7.14. The van der Waals surface area contributed by atoms with Crippen molar-refractivity contribution in [2.45, 2.75) is 6.92 Å². The van der Waals surface area contributed by atoms with Gasteiger partial charge in [-0.1, -0.05) is 6.07 Å². The average molecular weight is 294 g/mol. The number of aromatic carboxylic acids is 1. The Labute approximate surface area is 118 Å². The summed E-state index contributed by atoms with van der Waals surface area (Å²) in [5.41, 5.74) is 0.657. The molecular formula is C13H11FN2O3S. The van der Waals surface area contributed by atoms with Crippen LogP contribution < -0.4 is 10.6 Å². The number of carbonyl (C=O) groups excluding carboxylic acids is 1. The second-order valence-corrected chi connectivity index (χ2v) is 4.88. The molecule has 0 aliphatic heterocycles. The lowest BCUT2D eigenvalue weighted by molar-refractivity contribution is 0.0698. The van der Waals surface area contributed by atoms with Gasteiger partial charge in [-0.3, -0.25) is 5.32 Å². The summed E-state index contributed by atoms with van der Waals surface area (Å²) < 4.78 is 13.3. The molecule has 0 aliphatic carbocycles. The molecular weight excluding hydrogens is 283 g/mol. The molecule has 0 radical (unpaired) electrons. The summed E-state index contributed by atoms with van der Waals surface area (Å²) in [5.74, 6) is -1.55. The normalized spacial score (nSPS) is 10.1. The number of carbonyl (C=O) groups is 2. The first-order valence-corrected chi connectivity index (χ1v) is 6.51. The summed E-state index contributed by atoms with van der Waals surface area (Å²) >= 11 is 1.10. The maximum absolute atomic E-state index is 13.3. The third kappa shape index (κ3) is 2.94. The standard InChI is InChI=1S/C13H11FN2O3S/c1-7-9(14)3-2-4-10(7)15-13(19)16-11-8(12(17)18)5-6-20-11/h2-6H,1H3,(H,17,18)(H2,15,16,19). The number of thiophene rings is 1. The predicted molar refractivity (Wildman–Crippen MR) is 75.1 cm³/mol. The quantitative estimate of drug-likeness (QED) is 0.810. The van der Waals surface area contributed by atoms with Crippen LogP contribution >= 0.6 is 11.3 Å². The number of urea groups is 1. The van der Waals surface area contributed by atoms with E-state index >= 15 is 0 Å². The van der Waals surface area contributed by atoms with E-state index in [0.29, 0.717) is 11.3 Å². The Hall–Kier alpha value is -2.41. The van der Waals surface area contributed by atoms with Crippen LogP contribution in [0.4, 0.5) is 19.9 Å². The zero-order valence-electron chi connectivity index (χ0n) is 10.4. The Kier molecular flexibility index (Phi) is 3.99. The van der Waals surface area contributed by atoms with Crippen LogP contribution in [0.1, 0.15) is 15.9 Å². The molecule has 0 saturated carbocycles. The van der Waals surface area contributed by atoms with Crippen molar-refractivity contribution >= 4 is 34.0 Å². The van der Waals surface area contributed by atoms with Crippen molar-refractivity contribution in [2.24, 2.45) is 0 Å². The van der Waals surface area contributed by atoms with Crippen molar-refractivity contribution in [3.8, 4) is 0 Å². The molecule has 104 valence electrons. The van der Waals surface area contributed by atoms with E-state index in [-0.39, 0.29) is 10.6 Å². The predicted octanol–water partition coefficient (Wildman–Crippen LogP) is 3.54. The van der Waals surface area contributed by atoms with Gasteiger partial charge in [0.15, 0.2) is 0 Å². The van der Waals surface area contributed by atoms with Gasteiger partial charge in [0.25, 0.3) is 0 Å². The molecule has 0 saturated heterocycles. The van der Waals surface area contributed by atoms with Crippen LogP contribution in [-0.4, -0.2) is 17.1 Å². The van der Waals surface area contributed by atoms with E-state index < -0.39 is 17.8 Å². The Morgan fingerprint density at radius 2 is 2.00 bits per heavy atom. The maximum Gasteiger partial charge on any atom is 0.338 e. The molecule has 2 rings (SSSR count). The molecule has 0 spiro atoms. The lowest BCUT2D eigenvalue weighted by atomic mass is 10.2. The number of halogens is 1. The van der Waals surface area contributed by atoms with Crippen molar-refractivity contribution in [2.75, 3.05) is 10.6 Å². The van der Waals surface area contributed by atoms with Crippen LogP contribution in [0.25, 0.3) is 0 Å². The number of hydrogen-bond acceptors (Lipinski definition) is 3. The molecule has 3 N–H and O–H groups in total. The van der Waals surface area contributed by atoms with E-state index in [1.165, 1.54) is 18.2 Å². The fourth-order valence-corrected chi connectivity index (χ4v) is 2.35. The molecule has 1 aromatic carbocycles. The van der Waals surface area contributed by atoms with E-state index in [1.54, 1.807) is 18.4 Å². The smallest absolute Gasteiger partial charge is 0.338 e. The summed E-state index contributed by atoms with van der Waals surface area (Å²) in [6, 6.07) is 5.11. The topological polar surface area (TPSA) is 78.4 Å². The van der Waals surface area contributed by atoms with Crippen molar-refractivity contribution in [1.82, 2.24) is 0 Å². The van der Waals surface area contributed by atoms with Gasteiger partial charge in [-0.25, -0.2) is 14.0 Å². The number of benzene rings is 1. The van der Waals surface area contributed by atoms with Crippen LogP contribution in [0.2, 0.25) is 0 Å². The van der Waals surface area contributed by atoms with E-state index in [0.717, 1.165) is 11.3 Å². The molecule has 2 amide bonds. The maximum atomic E-state index is 13.3. The number of hydrogen-bond donors (Lipinski definition) is 3. The Bertz CT molecular complexity index is 669. The minimum atomic E-state index is -1.12. The van der Waals surface area contributed by atoms with Gasteiger partial charge in [-0.05, 0) is 30.5 Å². The minimum Gasteiger partial charge on any atom is -0.478 e. The van der Waals surface area contributed by atoms with Gasteiger partial charge < -0.3 is 10.4 Å². The van der Waals surface area contributed by atoms with Gasteiger partial charge in [0.1, 0.15) is 10.8 Å². The lowest BCUT2D eigenvalue weighted by Gasteiger charge is -2.09. The van der Waals surface area contributed by atoms with E-state index in [1.807, 2.05) is 0 Å². The van der Waals surface area contributed by atoms with Crippen molar-refractivity contribution in [1.29, 1.82) is 0 Å². The van der Waals surface area contributed by atoms with Gasteiger partial charge in [-0.15, -0.1) is 11.3 Å². The molecule has 0 bridgehead atoms. The number of amides is 2. The Balaban J connectivity index is 2.11. The number of nitrogens with one attached hydrogen (secondary N) is 2. The molecule has 0 atom stereocenters. The monoisotopic (exact) mass is 294 g/mol. The van der Waals surface area contributed by atoms with Crippen LogP contribution in [0.15, 0.2) is 29.6 Å². The molecule has 20 heavy (non-hydrogen) atoms. The Morgan fingerprint density at radius 1 is 1.25 bits per heavy atom. The number of rotatable bonds is 3. The van der Waals surface area contributed by atoms with Gasteiger partial charge in [-0.2, -0.15) is 0 Å². The molecule has 0 unspecified atom stereocenters. The SMILES string of the molecule is Cc1c(F)cccc1NC(=O)Nc1sccc1C(=O)O. The van der Waals surface area contributed by atoms with Crippen LogP contribution in [0, 0.1) is 12.7 Å². The highest BCUT2D eigenvalue weighted by Crippen LogP contribution is 2.24.